The van der Waals surface area contributed by atoms with Crippen LogP contribution in [0.4, 0.5) is 0 Å². The van der Waals surface area contributed by atoms with Crippen molar-refractivity contribution in [2.45, 2.75) is 46.1 Å². The van der Waals surface area contributed by atoms with E-state index in [0.29, 0.717) is 0 Å². The van der Waals surface area contributed by atoms with Crippen LogP contribution in [0.2, 0.25) is 0 Å². The molecular formula is C13H30N2O. The van der Waals surface area contributed by atoms with Crippen molar-refractivity contribution in [3.63, 3.8) is 0 Å². The van der Waals surface area contributed by atoms with Crippen molar-refractivity contribution in [3.8, 4) is 0 Å². The molecule has 0 aliphatic carbocycles. The fourth-order valence-corrected chi connectivity index (χ4v) is 1.90. The highest BCUT2D eigenvalue weighted by Crippen LogP contribution is 2.10. The Morgan fingerprint density at radius 3 is 2.19 bits per heavy atom. The van der Waals surface area contributed by atoms with Gasteiger partial charge in [-0.1, -0.05) is 27.2 Å². The molecule has 1 unspecified atom stereocenters. The molecule has 0 aromatic carbocycles. The topological polar surface area (TPSA) is 24.5 Å². The van der Waals surface area contributed by atoms with Crippen LogP contribution in [-0.2, 0) is 4.74 Å². The molecule has 1 aliphatic rings. The number of rotatable bonds is 5. The molecule has 0 spiro atoms. The van der Waals surface area contributed by atoms with Gasteiger partial charge in [-0.15, -0.1) is 0 Å². The van der Waals surface area contributed by atoms with Crippen LogP contribution in [-0.4, -0.2) is 50.8 Å². The minimum absolute atomic E-state index is 0.747. The number of nitrogens with one attached hydrogen (secondary N) is 1. The molecule has 1 fully saturated rings. The van der Waals surface area contributed by atoms with Gasteiger partial charge in [0.05, 0.1) is 13.2 Å². The van der Waals surface area contributed by atoms with E-state index in [4.69, 9.17) is 4.74 Å². The van der Waals surface area contributed by atoms with Gasteiger partial charge in [0.1, 0.15) is 0 Å². The van der Waals surface area contributed by atoms with Gasteiger partial charge in [-0.3, -0.25) is 4.90 Å². The first-order valence-corrected chi connectivity index (χ1v) is 6.76. The second kappa shape index (κ2) is 11.4. The van der Waals surface area contributed by atoms with Gasteiger partial charge in [0.2, 0.25) is 0 Å². The zero-order chi connectivity index (χ0) is 12.2. The zero-order valence-electron chi connectivity index (χ0n) is 11.6. The van der Waals surface area contributed by atoms with E-state index in [1.165, 1.54) is 19.3 Å². The van der Waals surface area contributed by atoms with E-state index in [2.05, 4.69) is 31.0 Å². The summed E-state index contributed by atoms with van der Waals surface area (Å²) in [4.78, 5) is 2.56. The van der Waals surface area contributed by atoms with Gasteiger partial charge in [0, 0.05) is 19.1 Å². The lowest BCUT2D eigenvalue weighted by Crippen LogP contribution is -2.44. The molecule has 0 aromatic rings. The molecule has 1 N–H and O–H groups in total. The summed E-state index contributed by atoms with van der Waals surface area (Å²) in [7, 11) is 2.02. The molecule has 1 aliphatic heterocycles. The van der Waals surface area contributed by atoms with Crippen molar-refractivity contribution < 1.29 is 4.74 Å². The van der Waals surface area contributed by atoms with Crippen LogP contribution in [0.15, 0.2) is 0 Å². The summed E-state index contributed by atoms with van der Waals surface area (Å²) in [6.07, 6.45) is 3.76. The number of hydrogen-bond donors (Lipinski definition) is 1. The molecule has 0 amide bonds. The van der Waals surface area contributed by atoms with E-state index in [-0.39, 0.29) is 0 Å². The SMILES string of the molecule is CCC.CCC(CCNC)N1CCOCC1. The highest BCUT2D eigenvalue weighted by Gasteiger charge is 2.18. The minimum atomic E-state index is 0.747. The van der Waals surface area contributed by atoms with E-state index in [9.17, 15) is 0 Å². The van der Waals surface area contributed by atoms with Gasteiger partial charge in [0.15, 0.2) is 0 Å². The second-order valence-corrected chi connectivity index (χ2v) is 4.31. The fourth-order valence-electron chi connectivity index (χ4n) is 1.90. The molecule has 3 heteroatoms. The van der Waals surface area contributed by atoms with E-state index in [0.717, 1.165) is 38.9 Å². The molecule has 0 aromatic heterocycles. The Labute approximate surface area is 102 Å². The van der Waals surface area contributed by atoms with Crippen molar-refractivity contribution in [2.24, 2.45) is 0 Å². The Balaban J connectivity index is 0.000000673. The van der Waals surface area contributed by atoms with Crippen molar-refractivity contribution in [2.75, 3.05) is 39.9 Å². The Hall–Kier alpha value is -0.120. The van der Waals surface area contributed by atoms with Gasteiger partial charge < -0.3 is 10.1 Å². The minimum Gasteiger partial charge on any atom is -0.379 e. The maximum atomic E-state index is 5.34. The Bertz CT molecular complexity index is 136. The summed E-state index contributed by atoms with van der Waals surface area (Å²) >= 11 is 0. The Kier molecular flexibility index (Phi) is 11.3. The van der Waals surface area contributed by atoms with Crippen LogP contribution in [0.1, 0.15) is 40.0 Å². The van der Waals surface area contributed by atoms with Crippen molar-refractivity contribution >= 4 is 0 Å². The van der Waals surface area contributed by atoms with Gasteiger partial charge in [-0.25, -0.2) is 0 Å². The normalized spacial score (nSPS) is 18.8. The van der Waals surface area contributed by atoms with Gasteiger partial charge in [-0.2, -0.15) is 0 Å². The number of morpholine rings is 1. The molecule has 3 nitrogen and oxygen atoms in total. The smallest absolute Gasteiger partial charge is 0.0594 e. The summed E-state index contributed by atoms with van der Waals surface area (Å²) in [5.74, 6) is 0. The first kappa shape index (κ1) is 15.9. The molecule has 16 heavy (non-hydrogen) atoms. The van der Waals surface area contributed by atoms with E-state index in [1.54, 1.807) is 0 Å². The van der Waals surface area contributed by atoms with Crippen LogP contribution in [0.3, 0.4) is 0 Å². The predicted molar refractivity (Wildman–Crippen MR) is 71.0 cm³/mol. The maximum Gasteiger partial charge on any atom is 0.0594 e. The van der Waals surface area contributed by atoms with Crippen molar-refractivity contribution in [1.29, 1.82) is 0 Å². The van der Waals surface area contributed by atoms with Crippen LogP contribution in [0, 0.1) is 0 Å². The zero-order valence-corrected chi connectivity index (χ0v) is 11.6. The summed E-state index contributed by atoms with van der Waals surface area (Å²) in [6.45, 7) is 11.7. The highest BCUT2D eigenvalue weighted by atomic mass is 16.5. The summed E-state index contributed by atoms with van der Waals surface area (Å²) in [5, 5.41) is 3.21. The van der Waals surface area contributed by atoms with Gasteiger partial charge >= 0.3 is 0 Å². The van der Waals surface area contributed by atoms with Crippen molar-refractivity contribution in [3.05, 3.63) is 0 Å². The molecule has 1 saturated heterocycles. The molecule has 1 atom stereocenters. The van der Waals surface area contributed by atoms with Crippen LogP contribution in [0.5, 0.6) is 0 Å². The van der Waals surface area contributed by atoms with E-state index >= 15 is 0 Å². The molecule has 98 valence electrons. The molecule has 0 saturated carbocycles. The van der Waals surface area contributed by atoms with E-state index < -0.39 is 0 Å². The second-order valence-electron chi connectivity index (χ2n) is 4.31. The number of nitrogens with zero attached hydrogens (tertiary/aromatic N) is 1. The lowest BCUT2D eigenvalue weighted by Gasteiger charge is -2.34. The van der Waals surface area contributed by atoms with Crippen LogP contribution in [0.25, 0.3) is 0 Å². The first-order chi connectivity index (χ1) is 7.79. The monoisotopic (exact) mass is 230 g/mol. The quantitative estimate of drug-likeness (QED) is 0.783. The lowest BCUT2D eigenvalue weighted by molar-refractivity contribution is 0.0141. The third-order valence-corrected chi connectivity index (χ3v) is 2.76. The molecule has 0 bridgehead atoms. The average molecular weight is 230 g/mol. The summed E-state index contributed by atoms with van der Waals surface area (Å²) in [5.41, 5.74) is 0. The highest BCUT2D eigenvalue weighted by molar-refractivity contribution is 4.73. The van der Waals surface area contributed by atoms with Gasteiger partial charge in [-0.05, 0) is 26.4 Å². The predicted octanol–water partition coefficient (Wildman–Crippen LogP) is 2.12. The fraction of sp³-hybridized carbons (Fsp3) is 1.00. The third-order valence-electron chi connectivity index (χ3n) is 2.76. The molecule has 0 radical (unpaired) electrons. The average Bonchev–Trinajstić information content (AvgIpc) is 2.32. The van der Waals surface area contributed by atoms with E-state index in [1.807, 2.05) is 7.05 Å². The lowest BCUT2D eigenvalue weighted by atomic mass is 10.1. The van der Waals surface area contributed by atoms with Crippen molar-refractivity contribution in [1.82, 2.24) is 10.2 Å². The largest absolute Gasteiger partial charge is 0.379 e. The van der Waals surface area contributed by atoms with Gasteiger partial charge in [0.25, 0.3) is 0 Å². The Morgan fingerprint density at radius 1 is 1.19 bits per heavy atom. The Morgan fingerprint density at radius 2 is 1.75 bits per heavy atom. The molecular weight excluding hydrogens is 200 g/mol. The number of hydrogen-bond acceptors (Lipinski definition) is 3. The van der Waals surface area contributed by atoms with Crippen LogP contribution < -0.4 is 5.32 Å². The number of ether oxygens (including phenoxy) is 1. The third kappa shape index (κ3) is 7.20. The summed E-state index contributed by atoms with van der Waals surface area (Å²) < 4.78 is 5.34. The molecule has 1 heterocycles. The standard InChI is InChI=1S/C10H22N2O.C3H8/c1-3-10(4-5-11-2)12-6-8-13-9-7-12;1-3-2/h10-11H,3-9H2,1-2H3;3H2,1-2H3. The van der Waals surface area contributed by atoms with Crippen LogP contribution >= 0.6 is 0 Å². The maximum absolute atomic E-state index is 5.34. The first-order valence-electron chi connectivity index (χ1n) is 6.76. The molecule has 1 rings (SSSR count). The summed E-state index contributed by atoms with van der Waals surface area (Å²) in [6, 6.07) is 0.747.